The van der Waals surface area contributed by atoms with Crippen molar-refractivity contribution in [3.8, 4) is 11.1 Å². The molecule has 0 aliphatic heterocycles. The highest BCUT2D eigenvalue weighted by Gasteiger charge is 2.03. The fourth-order valence-electron chi connectivity index (χ4n) is 2.03. The van der Waals surface area contributed by atoms with Gasteiger partial charge in [-0.25, -0.2) is 0 Å². The smallest absolute Gasteiger partial charge is 0.134 e. The molecule has 0 aliphatic carbocycles. The van der Waals surface area contributed by atoms with E-state index in [0.29, 0.717) is 6.42 Å². The van der Waals surface area contributed by atoms with Crippen LogP contribution in [0, 0.1) is 6.92 Å². The van der Waals surface area contributed by atoms with Gasteiger partial charge in [0.25, 0.3) is 0 Å². The number of carbonyl (C=O) groups excluding carboxylic acids is 1. The van der Waals surface area contributed by atoms with Gasteiger partial charge in [0.2, 0.25) is 0 Å². The van der Waals surface area contributed by atoms with Gasteiger partial charge in [-0.05, 0) is 36.1 Å². The third-order valence-corrected chi connectivity index (χ3v) is 2.84. The number of benzene rings is 2. The van der Waals surface area contributed by atoms with E-state index in [1.54, 1.807) is 6.92 Å². The zero-order valence-electron chi connectivity index (χ0n) is 10.2. The van der Waals surface area contributed by atoms with E-state index in [9.17, 15) is 4.79 Å². The molecular formula is C16H16O. The molecule has 0 aliphatic rings. The van der Waals surface area contributed by atoms with E-state index in [1.807, 2.05) is 24.3 Å². The van der Waals surface area contributed by atoms with E-state index in [1.165, 1.54) is 16.7 Å². The van der Waals surface area contributed by atoms with Crippen LogP contribution in [0.15, 0.2) is 48.5 Å². The second kappa shape index (κ2) is 4.96. The van der Waals surface area contributed by atoms with Crippen LogP contribution >= 0.6 is 0 Å². The van der Waals surface area contributed by atoms with Gasteiger partial charge in [-0.15, -0.1) is 0 Å². The maximum atomic E-state index is 11.1. The molecular weight excluding hydrogens is 208 g/mol. The summed E-state index contributed by atoms with van der Waals surface area (Å²) >= 11 is 0. The molecule has 0 atom stereocenters. The van der Waals surface area contributed by atoms with Crippen molar-refractivity contribution in [2.24, 2.45) is 0 Å². The first-order valence-corrected chi connectivity index (χ1v) is 5.81. The van der Waals surface area contributed by atoms with Gasteiger partial charge in [-0.2, -0.15) is 0 Å². The van der Waals surface area contributed by atoms with E-state index in [0.717, 1.165) is 5.56 Å². The second-order valence-electron chi connectivity index (χ2n) is 4.39. The highest BCUT2D eigenvalue weighted by Crippen LogP contribution is 2.23. The zero-order chi connectivity index (χ0) is 12.3. The van der Waals surface area contributed by atoms with Crippen LogP contribution in [0.4, 0.5) is 0 Å². The lowest BCUT2D eigenvalue weighted by Crippen LogP contribution is -1.96. The van der Waals surface area contributed by atoms with E-state index in [-0.39, 0.29) is 5.78 Å². The summed E-state index contributed by atoms with van der Waals surface area (Å²) in [5.41, 5.74) is 4.76. The van der Waals surface area contributed by atoms with Gasteiger partial charge < -0.3 is 0 Å². The Hall–Kier alpha value is -1.89. The maximum Gasteiger partial charge on any atom is 0.134 e. The first-order chi connectivity index (χ1) is 8.16. The standard InChI is InChI=1S/C16H16O/c1-12-6-3-4-9-16(12)15-8-5-7-14(11-15)10-13(2)17/h3-9,11H,10H2,1-2H3. The summed E-state index contributed by atoms with van der Waals surface area (Å²) in [5, 5.41) is 0. The molecule has 17 heavy (non-hydrogen) atoms. The van der Waals surface area contributed by atoms with Gasteiger partial charge >= 0.3 is 0 Å². The molecule has 0 aromatic heterocycles. The van der Waals surface area contributed by atoms with Crippen molar-refractivity contribution < 1.29 is 4.79 Å². The third kappa shape index (κ3) is 2.82. The Morgan fingerprint density at radius 3 is 2.53 bits per heavy atom. The van der Waals surface area contributed by atoms with Crippen molar-refractivity contribution in [1.82, 2.24) is 0 Å². The SMILES string of the molecule is CC(=O)Cc1cccc(-c2ccccc2C)c1. The number of Topliss-reactive ketones (excluding diaryl/α,β-unsaturated/α-hetero) is 1. The molecule has 2 aromatic rings. The molecule has 0 bridgehead atoms. The Bertz CT molecular complexity index is 541. The molecule has 0 saturated carbocycles. The van der Waals surface area contributed by atoms with Gasteiger partial charge in [0.05, 0.1) is 0 Å². The predicted octanol–water partition coefficient (Wildman–Crippen LogP) is 3.79. The molecule has 2 rings (SSSR count). The fourth-order valence-corrected chi connectivity index (χ4v) is 2.03. The molecule has 86 valence electrons. The van der Waals surface area contributed by atoms with Crippen LogP contribution in [0.1, 0.15) is 18.1 Å². The molecule has 2 aromatic carbocycles. The number of aryl methyl sites for hydroxylation is 1. The predicted molar refractivity (Wildman–Crippen MR) is 71.0 cm³/mol. The van der Waals surface area contributed by atoms with Crippen molar-refractivity contribution in [1.29, 1.82) is 0 Å². The lowest BCUT2D eigenvalue weighted by Gasteiger charge is -2.07. The van der Waals surface area contributed by atoms with Crippen molar-refractivity contribution in [3.63, 3.8) is 0 Å². The van der Waals surface area contributed by atoms with Crippen LogP contribution in [0.2, 0.25) is 0 Å². The first-order valence-electron chi connectivity index (χ1n) is 5.81. The quantitative estimate of drug-likeness (QED) is 0.775. The zero-order valence-corrected chi connectivity index (χ0v) is 10.2. The summed E-state index contributed by atoms with van der Waals surface area (Å²) in [7, 11) is 0. The van der Waals surface area contributed by atoms with Crippen molar-refractivity contribution in [2.45, 2.75) is 20.3 Å². The maximum absolute atomic E-state index is 11.1. The molecule has 1 nitrogen and oxygen atoms in total. The number of hydrogen-bond donors (Lipinski definition) is 0. The van der Waals surface area contributed by atoms with Gasteiger partial charge in [0.15, 0.2) is 0 Å². The average molecular weight is 224 g/mol. The Labute approximate surface area is 102 Å². The molecule has 0 heterocycles. The number of hydrogen-bond acceptors (Lipinski definition) is 1. The molecule has 0 radical (unpaired) electrons. The number of ketones is 1. The summed E-state index contributed by atoms with van der Waals surface area (Å²) in [6.07, 6.45) is 0.514. The van der Waals surface area contributed by atoms with Gasteiger partial charge in [-0.3, -0.25) is 4.79 Å². The van der Waals surface area contributed by atoms with Crippen LogP contribution in [0.5, 0.6) is 0 Å². The monoisotopic (exact) mass is 224 g/mol. The Kier molecular flexibility index (Phi) is 3.38. The largest absolute Gasteiger partial charge is 0.300 e. The molecule has 0 saturated heterocycles. The summed E-state index contributed by atoms with van der Waals surface area (Å²) in [6, 6.07) is 16.5. The van der Waals surface area contributed by atoms with E-state index >= 15 is 0 Å². The lowest BCUT2D eigenvalue weighted by molar-refractivity contribution is -0.116. The van der Waals surface area contributed by atoms with Crippen molar-refractivity contribution in [2.75, 3.05) is 0 Å². The van der Waals surface area contributed by atoms with Crippen molar-refractivity contribution >= 4 is 5.78 Å². The molecule has 0 spiro atoms. The van der Waals surface area contributed by atoms with E-state index < -0.39 is 0 Å². The van der Waals surface area contributed by atoms with Crippen LogP contribution in [0.25, 0.3) is 11.1 Å². The normalized spacial score (nSPS) is 10.2. The van der Waals surface area contributed by atoms with Gasteiger partial charge in [-0.1, -0.05) is 48.5 Å². The molecule has 0 N–H and O–H groups in total. The summed E-state index contributed by atoms with van der Waals surface area (Å²) in [4.78, 5) is 11.1. The minimum atomic E-state index is 0.201. The topological polar surface area (TPSA) is 17.1 Å². The Balaban J connectivity index is 2.40. The summed E-state index contributed by atoms with van der Waals surface area (Å²) < 4.78 is 0. The van der Waals surface area contributed by atoms with E-state index in [2.05, 4.69) is 31.2 Å². The summed E-state index contributed by atoms with van der Waals surface area (Å²) in [6.45, 7) is 3.73. The van der Waals surface area contributed by atoms with Gasteiger partial charge in [0, 0.05) is 6.42 Å². The number of rotatable bonds is 3. The van der Waals surface area contributed by atoms with E-state index in [4.69, 9.17) is 0 Å². The van der Waals surface area contributed by atoms with Crippen LogP contribution in [-0.4, -0.2) is 5.78 Å². The molecule has 0 amide bonds. The second-order valence-corrected chi connectivity index (χ2v) is 4.39. The minimum absolute atomic E-state index is 0.201. The molecule has 0 unspecified atom stereocenters. The highest BCUT2D eigenvalue weighted by atomic mass is 16.1. The van der Waals surface area contributed by atoms with Crippen LogP contribution in [-0.2, 0) is 11.2 Å². The Morgan fingerprint density at radius 2 is 1.82 bits per heavy atom. The third-order valence-electron chi connectivity index (χ3n) is 2.84. The highest BCUT2D eigenvalue weighted by molar-refractivity contribution is 5.79. The van der Waals surface area contributed by atoms with Crippen LogP contribution in [0.3, 0.4) is 0 Å². The Morgan fingerprint density at radius 1 is 1.06 bits per heavy atom. The minimum Gasteiger partial charge on any atom is -0.300 e. The van der Waals surface area contributed by atoms with Crippen molar-refractivity contribution in [3.05, 3.63) is 59.7 Å². The van der Waals surface area contributed by atoms with Gasteiger partial charge in [0.1, 0.15) is 5.78 Å². The molecule has 1 heteroatoms. The fraction of sp³-hybridized carbons (Fsp3) is 0.188. The average Bonchev–Trinajstić information content (AvgIpc) is 2.29. The summed E-state index contributed by atoms with van der Waals surface area (Å²) in [5.74, 6) is 0.201. The lowest BCUT2D eigenvalue weighted by atomic mass is 9.98. The number of carbonyl (C=O) groups is 1. The molecule has 0 fully saturated rings. The van der Waals surface area contributed by atoms with Crippen LogP contribution < -0.4 is 0 Å². The first kappa shape index (κ1) is 11.6.